The molecule has 2 aromatic rings. The zero-order valence-electron chi connectivity index (χ0n) is 11.6. The molecule has 1 amide bonds. The van der Waals surface area contributed by atoms with Crippen LogP contribution in [-0.4, -0.2) is 11.7 Å². The van der Waals surface area contributed by atoms with Gasteiger partial charge in [0.2, 0.25) is 5.91 Å². The number of carbonyl (C=O) groups is 2. The van der Waals surface area contributed by atoms with Crippen molar-refractivity contribution in [2.75, 3.05) is 4.90 Å². The van der Waals surface area contributed by atoms with Gasteiger partial charge in [0, 0.05) is 23.4 Å². The monoisotopic (exact) mass is 343 g/mol. The normalized spacial score (nSPS) is 14.0. The van der Waals surface area contributed by atoms with E-state index in [2.05, 4.69) is 15.9 Å². The molecule has 0 N–H and O–H groups in total. The summed E-state index contributed by atoms with van der Waals surface area (Å²) in [5, 5.41) is 0. The molecular weight excluding hydrogens is 330 g/mol. The van der Waals surface area contributed by atoms with E-state index >= 15 is 0 Å². The largest absolute Gasteiger partial charge is 0.308 e. The number of hydrogen-bond acceptors (Lipinski definition) is 2. The summed E-state index contributed by atoms with van der Waals surface area (Å²) < 4.78 is 0.942. The number of hydrogen-bond donors (Lipinski definition) is 0. The van der Waals surface area contributed by atoms with Gasteiger partial charge in [-0.1, -0.05) is 34.1 Å². The molecule has 1 aliphatic heterocycles. The van der Waals surface area contributed by atoms with Gasteiger partial charge in [0.25, 0.3) is 0 Å². The molecule has 106 valence electrons. The van der Waals surface area contributed by atoms with Crippen LogP contribution < -0.4 is 4.90 Å². The van der Waals surface area contributed by atoms with Crippen molar-refractivity contribution in [2.45, 2.75) is 19.9 Å². The quantitative estimate of drug-likeness (QED) is 0.730. The van der Waals surface area contributed by atoms with Gasteiger partial charge in [-0.05, 0) is 35.4 Å². The van der Waals surface area contributed by atoms with Crippen molar-refractivity contribution in [3.05, 3.63) is 63.6 Å². The maximum atomic E-state index is 12.5. The third-order valence-electron chi connectivity index (χ3n) is 3.72. The van der Waals surface area contributed by atoms with Gasteiger partial charge in [-0.25, -0.2) is 0 Å². The van der Waals surface area contributed by atoms with Crippen LogP contribution in [0.2, 0.25) is 0 Å². The fourth-order valence-corrected chi connectivity index (χ4v) is 3.07. The summed E-state index contributed by atoms with van der Waals surface area (Å²) in [7, 11) is 0. The van der Waals surface area contributed by atoms with Gasteiger partial charge >= 0.3 is 0 Å². The Kier molecular flexibility index (Phi) is 3.64. The molecule has 3 nitrogen and oxygen atoms in total. The number of benzene rings is 2. The lowest BCUT2D eigenvalue weighted by Gasteiger charge is -2.27. The number of amides is 1. The first kappa shape index (κ1) is 14.0. The van der Waals surface area contributed by atoms with Crippen molar-refractivity contribution >= 4 is 33.3 Å². The summed E-state index contributed by atoms with van der Waals surface area (Å²) in [5.41, 5.74) is 3.29. The van der Waals surface area contributed by atoms with Gasteiger partial charge in [0.1, 0.15) is 0 Å². The van der Waals surface area contributed by atoms with Crippen LogP contribution in [0.25, 0.3) is 0 Å². The summed E-state index contributed by atoms with van der Waals surface area (Å²) in [6.45, 7) is 2.02. The van der Waals surface area contributed by atoms with Crippen molar-refractivity contribution in [3.63, 3.8) is 0 Å². The Morgan fingerprint density at radius 2 is 1.90 bits per heavy atom. The molecule has 2 aromatic carbocycles. The van der Waals surface area contributed by atoms with Crippen LogP contribution in [0.15, 0.2) is 46.9 Å². The van der Waals surface area contributed by atoms with Crippen LogP contribution in [-0.2, 0) is 17.8 Å². The summed E-state index contributed by atoms with van der Waals surface area (Å²) in [4.78, 5) is 26.2. The number of anilines is 1. The second-order valence-corrected chi connectivity index (χ2v) is 6.05. The molecule has 1 heterocycles. The van der Waals surface area contributed by atoms with E-state index in [1.165, 1.54) is 6.92 Å². The molecule has 0 radical (unpaired) electrons. The number of rotatable bonds is 0. The first-order chi connectivity index (χ1) is 10.1. The molecule has 0 unspecified atom stereocenters. The molecule has 0 bridgehead atoms. The Hall–Kier alpha value is -1.94. The SMILES string of the molecule is CC(=O)N1Cc2ccc(Br)cc2CC(=O)c2ccccc21. The maximum absolute atomic E-state index is 12.5. The fraction of sp³-hybridized carbons (Fsp3) is 0.176. The van der Waals surface area contributed by atoms with Crippen molar-refractivity contribution < 1.29 is 9.59 Å². The van der Waals surface area contributed by atoms with E-state index in [1.807, 2.05) is 36.4 Å². The molecule has 0 saturated carbocycles. The Morgan fingerprint density at radius 1 is 1.14 bits per heavy atom. The standard InChI is InChI=1S/C17H14BrNO2/c1-11(20)19-10-12-6-7-14(18)8-13(12)9-17(21)15-4-2-3-5-16(15)19/h2-8H,9-10H2,1H3. The first-order valence-electron chi connectivity index (χ1n) is 6.74. The number of fused-ring (bicyclic) bond motifs is 2. The Balaban J connectivity index is 2.18. The highest BCUT2D eigenvalue weighted by atomic mass is 79.9. The lowest BCUT2D eigenvalue weighted by atomic mass is 9.94. The minimum Gasteiger partial charge on any atom is -0.308 e. The third-order valence-corrected chi connectivity index (χ3v) is 4.22. The lowest BCUT2D eigenvalue weighted by molar-refractivity contribution is -0.116. The summed E-state index contributed by atoms with van der Waals surface area (Å²) in [5.74, 6) is -0.0260. The number of carbonyl (C=O) groups excluding carboxylic acids is 2. The highest BCUT2D eigenvalue weighted by molar-refractivity contribution is 9.10. The summed E-state index contributed by atoms with van der Waals surface area (Å²) in [6.07, 6.45) is 0.359. The molecule has 0 atom stereocenters. The molecule has 0 fully saturated rings. The number of halogens is 1. The first-order valence-corrected chi connectivity index (χ1v) is 7.53. The second-order valence-electron chi connectivity index (χ2n) is 5.14. The predicted molar refractivity (Wildman–Crippen MR) is 85.5 cm³/mol. The van der Waals surface area contributed by atoms with E-state index in [1.54, 1.807) is 11.0 Å². The molecule has 21 heavy (non-hydrogen) atoms. The van der Waals surface area contributed by atoms with E-state index in [4.69, 9.17) is 0 Å². The second kappa shape index (κ2) is 5.45. The smallest absolute Gasteiger partial charge is 0.224 e. The highest BCUT2D eigenvalue weighted by Gasteiger charge is 2.24. The molecule has 0 saturated heterocycles. The molecule has 1 aliphatic rings. The van der Waals surface area contributed by atoms with Crippen LogP contribution in [0.3, 0.4) is 0 Å². The molecule has 0 spiro atoms. The number of ketones is 1. The average Bonchev–Trinajstić information content (AvgIpc) is 2.44. The van der Waals surface area contributed by atoms with Crippen molar-refractivity contribution in [3.8, 4) is 0 Å². The third kappa shape index (κ3) is 2.63. The minimum atomic E-state index is -0.0639. The van der Waals surface area contributed by atoms with Gasteiger partial charge in [0.15, 0.2) is 5.78 Å². The van der Waals surface area contributed by atoms with Crippen LogP contribution >= 0.6 is 15.9 Å². The van der Waals surface area contributed by atoms with Crippen LogP contribution in [0.4, 0.5) is 5.69 Å². The van der Waals surface area contributed by atoms with Crippen molar-refractivity contribution in [1.82, 2.24) is 0 Å². The molecule has 4 heteroatoms. The van der Waals surface area contributed by atoms with Crippen LogP contribution in [0, 0.1) is 0 Å². The fourth-order valence-electron chi connectivity index (χ4n) is 2.66. The predicted octanol–water partition coefficient (Wildman–Crippen LogP) is 3.74. The zero-order valence-corrected chi connectivity index (χ0v) is 13.2. The van der Waals surface area contributed by atoms with E-state index in [-0.39, 0.29) is 11.7 Å². The molecule has 0 aliphatic carbocycles. The van der Waals surface area contributed by atoms with Crippen LogP contribution in [0.1, 0.15) is 28.4 Å². The maximum Gasteiger partial charge on any atom is 0.224 e. The Labute approximate surface area is 131 Å². The van der Waals surface area contributed by atoms with Gasteiger partial charge in [-0.15, -0.1) is 0 Å². The van der Waals surface area contributed by atoms with E-state index in [9.17, 15) is 9.59 Å². The molecule has 0 aromatic heterocycles. The average molecular weight is 344 g/mol. The van der Waals surface area contributed by atoms with E-state index in [0.29, 0.717) is 24.2 Å². The van der Waals surface area contributed by atoms with E-state index in [0.717, 1.165) is 15.6 Å². The summed E-state index contributed by atoms with van der Waals surface area (Å²) in [6, 6.07) is 13.2. The number of para-hydroxylation sites is 1. The van der Waals surface area contributed by atoms with Crippen molar-refractivity contribution in [2.24, 2.45) is 0 Å². The summed E-state index contributed by atoms with van der Waals surface area (Å²) >= 11 is 3.44. The molecular formula is C17H14BrNO2. The molecule has 3 rings (SSSR count). The van der Waals surface area contributed by atoms with Crippen molar-refractivity contribution in [1.29, 1.82) is 0 Å². The van der Waals surface area contributed by atoms with Crippen LogP contribution in [0.5, 0.6) is 0 Å². The van der Waals surface area contributed by atoms with Gasteiger partial charge < -0.3 is 4.90 Å². The van der Waals surface area contributed by atoms with Gasteiger partial charge in [-0.2, -0.15) is 0 Å². The topological polar surface area (TPSA) is 37.4 Å². The highest BCUT2D eigenvalue weighted by Crippen LogP contribution is 2.29. The van der Waals surface area contributed by atoms with Gasteiger partial charge in [-0.3, -0.25) is 9.59 Å². The van der Waals surface area contributed by atoms with Gasteiger partial charge in [0.05, 0.1) is 12.2 Å². The zero-order chi connectivity index (χ0) is 15.0. The van der Waals surface area contributed by atoms with E-state index < -0.39 is 0 Å². The minimum absolute atomic E-state index is 0.0379. The lowest BCUT2D eigenvalue weighted by Crippen LogP contribution is -2.31. The Morgan fingerprint density at radius 3 is 2.67 bits per heavy atom. The number of Topliss-reactive ketones (excluding diaryl/α,β-unsaturated/α-hetero) is 1. The Bertz CT molecular complexity index is 739. The number of nitrogens with zero attached hydrogens (tertiary/aromatic N) is 1.